The van der Waals surface area contributed by atoms with E-state index in [4.69, 9.17) is 5.84 Å². The molecule has 5 heteroatoms. The van der Waals surface area contributed by atoms with Crippen LogP contribution in [0.2, 0.25) is 0 Å². The largest absolute Gasteiger partial charge is 0.303 e. The molecule has 1 rings (SSSR count). The van der Waals surface area contributed by atoms with Crippen molar-refractivity contribution in [2.45, 2.75) is 31.7 Å². The van der Waals surface area contributed by atoms with Gasteiger partial charge in [-0.1, -0.05) is 6.42 Å². The monoisotopic (exact) mass is 199 g/mol. The van der Waals surface area contributed by atoms with Gasteiger partial charge in [-0.3, -0.25) is 15.1 Å². The number of nitrogens with one attached hydrogen (secondary N) is 1. The third kappa shape index (κ3) is 2.78. The standard InChI is InChI=1S/C9H17N3O2/c10-11-9(14)8(4-7-13)12-5-2-1-3-6-12/h7-8H,1-6,10H2,(H,11,14). The van der Waals surface area contributed by atoms with Crippen molar-refractivity contribution < 1.29 is 9.59 Å². The van der Waals surface area contributed by atoms with Crippen LogP contribution in [0.1, 0.15) is 25.7 Å². The number of piperidine rings is 1. The predicted molar refractivity (Wildman–Crippen MR) is 52.2 cm³/mol. The fourth-order valence-corrected chi connectivity index (χ4v) is 1.84. The van der Waals surface area contributed by atoms with Crippen LogP contribution in [0.15, 0.2) is 0 Å². The van der Waals surface area contributed by atoms with Crippen LogP contribution >= 0.6 is 0 Å². The Bertz CT molecular complexity index is 202. The summed E-state index contributed by atoms with van der Waals surface area (Å²) < 4.78 is 0. The molecule has 14 heavy (non-hydrogen) atoms. The van der Waals surface area contributed by atoms with Gasteiger partial charge in [0.25, 0.3) is 5.91 Å². The zero-order chi connectivity index (χ0) is 10.4. The molecular weight excluding hydrogens is 182 g/mol. The fraction of sp³-hybridized carbons (Fsp3) is 0.778. The van der Waals surface area contributed by atoms with Crippen LogP contribution in [-0.2, 0) is 9.59 Å². The molecule has 0 saturated carbocycles. The van der Waals surface area contributed by atoms with Crippen molar-refractivity contribution in [1.82, 2.24) is 10.3 Å². The Balaban J connectivity index is 2.55. The van der Waals surface area contributed by atoms with Gasteiger partial charge in [0.05, 0.1) is 6.04 Å². The van der Waals surface area contributed by atoms with E-state index in [-0.39, 0.29) is 18.4 Å². The number of amides is 1. The van der Waals surface area contributed by atoms with Gasteiger partial charge in [0.2, 0.25) is 0 Å². The van der Waals surface area contributed by atoms with E-state index in [1.807, 2.05) is 4.90 Å². The number of rotatable bonds is 4. The molecule has 1 unspecified atom stereocenters. The number of hydrogen-bond acceptors (Lipinski definition) is 4. The molecule has 0 radical (unpaired) electrons. The zero-order valence-electron chi connectivity index (χ0n) is 8.24. The Morgan fingerprint density at radius 2 is 2.07 bits per heavy atom. The predicted octanol–water partition coefficient (Wildman–Crippen LogP) is -0.580. The van der Waals surface area contributed by atoms with Crippen LogP contribution in [0.4, 0.5) is 0 Å². The van der Waals surface area contributed by atoms with Crippen molar-refractivity contribution in [2.75, 3.05) is 13.1 Å². The first-order chi connectivity index (χ1) is 6.79. The molecule has 0 aliphatic carbocycles. The van der Waals surface area contributed by atoms with E-state index < -0.39 is 0 Å². The van der Waals surface area contributed by atoms with Crippen LogP contribution in [0.25, 0.3) is 0 Å². The molecule has 1 fully saturated rings. The average Bonchev–Trinajstić information content (AvgIpc) is 2.26. The molecule has 1 aliphatic heterocycles. The first-order valence-corrected chi connectivity index (χ1v) is 4.97. The van der Waals surface area contributed by atoms with Gasteiger partial charge in [-0.15, -0.1) is 0 Å². The summed E-state index contributed by atoms with van der Waals surface area (Å²) in [5, 5.41) is 0. The summed E-state index contributed by atoms with van der Waals surface area (Å²) >= 11 is 0. The second-order valence-electron chi connectivity index (χ2n) is 3.52. The molecular formula is C9H17N3O2. The Morgan fingerprint density at radius 3 is 2.57 bits per heavy atom. The Kier molecular flexibility index (Phi) is 4.55. The first kappa shape index (κ1) is 11.1. The number of hydrogen-bond donors (Lipinski definition) is 2. The maximum absolute atomic E-state index is 11.4. The van der Waals surface area contributed by atoms with Crippen molar-refractivity contribution in [3.63, 3.8) is 0 Å². The molecule has 0 aromatic carbocycles. The average molecular weight is 199 g/mol. The Labute approximate surface area is 83.6 Å². The third-order valence-corrected chi connectivity index (χ3v) is 2.60. The van der Waals surface area contributed by atoms with Gasteiger partial charge in [-0.2, -0.15) is 0 Å². The van der Waals surface area contributed by atoms with Crippen molar-refractivity contribution in [3.05, 3.63) is 0 Å². The highest BCUT2D eigenvalue weighted by Gasteiger charge is 2.25. The van der Waals surface area contributed by atoms with Gasteiger partial charge < -0.3 is 4.79 Å². The molecule has 1 heterocycles. The number of nitrogens with two attached hydrogens (primary N) is 1. The number of hydrazine groups is 1. The lowest BCUT2D eigenvalue weighted by Gasteiger charge is -2.32. The van der Waals surface area contributed by atoms with Gasteiger partial charge in [0.1, 0.15) is 6.29 Å². The van der Waals surface area contributed by atoms with Gasteiger partial charge in [-0.25, -0.2) is 5.84 Å². The molecule has 1 atom stereocenters. The van der Waals surface area contributed by atoms with Crippen molar-refractivity contribution in [3.8, 4) is 0 Å². The fourth-order valence-electron chi connectivity index (χ4n) is 1.84. The molecule has 1 saturated heterocycles. The van der Waals surface area contributed by atoms with Gasteiger partial charge in [-0.05, 0) is 25.9 Å². The number of carbonyl (C=O) groups is 2. The topological polar surface area (TPSA) is 75.4 Å². The first-order valence-electron chi connectivity index (χ1n) is 4.97. The molecule has 80 valence electrons. The molecule has 0 aromatic rings. The summed E-state index contributed by atoms with van der Waals surface area (Å²) in [5.41, 5.74) is 2.11. The van der Waals surface area contributed by atoms with E-state index in [1.54, 1.807) is 0 Å². The Hall–Kier alpha value is -0.940. The van der Waals surface area contributed by atoms with Crippen LogP contribution in [-0.4, -0.2) is 36.2 Å². The van der Waals surface area contributed by atoms with Crippen molar-refractivity contribution in [2.24, 2.45) is 5.84 Å². The normalized spacial score (nSPS) is 20.1. The number of aldehydes is 1. The zero-order valence-corrected chi connectivity index (χ0v) is 8.24. The number of likely N-dealkylation sites (tertiary alicyclic amines) is 1. The summed E-state index contributed by atoms with van der Waals surface area (Å²) in [7, 11) is 0. The highest BCUT2D eigenvalue weighted by molar-refractivity contribution is 5.83. The van der Waals surface area contributed by atoms with Crippen LogP contribution in [0, 0.1) is 0 Å². The second kappa shape index (κ2) is 5.72. The van der Waals surface area contributed by atoms with Gasteiger partial charge >= 0.3 is 0 Å². The quantitative estimate of drug-likeness (QED) is 0.275. The number of carbonyl (C=O) groups excluding carboxylic acids is 2. The van der Waals surface area contributed by atoms with E-state index in [0.29, 0.717) is 0 Å². The van der Waals surface area contributed by atoms with E-state index in [1.165, 1.54) is 6.42 Å². The van der Waals surface area contributed by atoms with E-state index in [0.717, 1.165) is 32.2 Å². The van der Waals surface area contributed by atoms with Crippen molar-refractivity contribution >= 4 is 12.2 Å². The highest BCUT2D eigenvalue weighted by atomic mass is 16.2. The summed E-state index contributed by atoms with van der Waals surface area (Å²) in [5.74, 6) is 4.80. The van der Waals surface area contributed by atoms with Crippen LogP contribution < -0.4 is 11.3 Å². The summed E-state index contributed by atoms with van der Waals surface area (Å²) in [4.78, 5) is 23.8. The van der Waals surface area contributed by atoms with Gasteiger partial charge in [0, 0.05) is 6.42 Å². The lowest BCUT2D eigenvalue weighted by atomic mass is 10.1. The van der Waals surface area contributed by atoms with E-state index >= 15 is 0 Å². The summed E-state index contributed by atoms with van der Waals surface area (Å²) in [6.45, 7) is 1.76. The molecule has 0 spiro atoms. The van der Waals surface area contributed by atoms with E-state index in [2.05, 4.69) is 5.43 Å². The maximum atomic E-state index is 11.4. The van der Waals surface area contributed by atoms with Gasteiger partial charge in [0.15, 0.2) is 0 Å². The van der Waals surface area contributed by atoms with Crippen molar-refractivity contribution in [1.29, 1.82) is 0 Å². The SMILES string of the molecule is NNC(=O)C(CC=O)N1CCCCC1. The summed E-state index contributed by atoms with van der Waals surface area (Å²) in [6.07, 6.45) is 4.38. The minimum Gasteiger partial charge on any atom is -0.303 e. The maximum Gasteiger partial charge on any atom is 0.251 e. The van der Waals surface area contributed by atoms with Crippen LogP contribution in [0.5, 0.6) is 0 Å². The molecule has 5 nitrogen and oxygen atoms in total. The lowest BCUT2D eigenvalue weighted by molar-refractivity contribution is -0.129. The minimum atomic E-state index is -0.377. The molecule has 1 amide bonds. The number of nitrogens with zero attached hydrogens (tertiary/aromatic N) is 1. The highest BCUT2D eigenvalue weighted by Crippen LogP contribution is 2.13. The smallest absolute Gasteiger partial charge is 0.251 e. The molecule has 0 bridgehead atoms. The Morgan fingerprint density at radius 1 is 1.43 bits per heavy atom. The lowest BCUT2D eigenvalue weighted by Crippen LogP contribution is -2.50. The minimum absolute atomic E-state index is 0.225. The molecule has 3 N–H and O–H groups in total. The molecule has 1 aliphatic rings. The third-order valence-electron chi connectivity index (χ3n) is 2.60. The van der Waals surface area contributed by atoms with Crippen LogP contribution in [0.3, 0.4) is 0 Å². The molecule has 0 aromatic heterocycles. The van der Waals surface area contributed by atoms with E-state index in [9.17, 15) is 9.59 Å². The second-order valence-corrected chi connectivity index (χ2v) is 3.52. The summed E-state index contributed by atoms with van der Waals surface area (Å²) in [6, 6.07) is -0.377.